The highest BCUT2D eigenvalue weighted by Gasteiger charge is 2.15. The van der Waals surface area contributed by atoms with Crippen LogP contribution in [0.1, 0.15) is 36.3 Å². The molecular weight excluding hydrogens is 188 g/mol. The minimum Gasteiger partial charge on any atom is -0.361 e. The van der Waals surface area contributed by atoms with Crippen molar-refractivity contribution in [3.8, 4) is 0 Å². The second-order valence-corrected chi connectivity index (χ2v) is 4.55. The zero-order valence-corrected chi connectivity index (χ0v) is 9.68. The van der Waals surface area contributed by atoms with Crippen molar-refractivity contribution < 1.29 is 4.52 Å². The monoisotopic (exact) mass is 208 g/mol. The Morgan fingerprint density at radius 1 is 1.33 bits per heavy atom. The van der Waals surface area contributed by atoms with Gasteiger partial charge in [-0.2, -0.15) is 0 Å². The van der Waals surface area contributed by atoms with E-state index in [0.717, 1.165) is 23.8 Å². The first-order valence-electron chi connectivity index (χ1n) is 5.90. The van der Waals surface area contributed by atoms with Crippen LogP contribution in [0.4, 0.5) is 0 Å². The van der Waals surface area contributed by atoms with E-state index in [1.807, 2.05) is 6.92 Å². The summed E-state index contributed by atoms with van der Waals surface area (Å²) in [4.78, 5) is 0. The van der Waals surface area contributed by atoms with Gasteiger partial charge in [0, 0.05) is 12.0 Å². The fourth-order valence-corrected chi connectivity index (χ4v) is 2.20. The van der Waals surface area contributed by atoms with Crippen molar-refractivity contribution >= 4 is 0 Å². The van der Waals surface area contributed by atoms with Gasteiger partial charge in [-0.1, -0.05) is 5.16 Å². The van der Waals surface area contributed by atoms with Crippen molar-refractivity contribution in [1.82, 2.24) is 10.5 Å². The average Bonchev–Trinajstić information content (AvgIpc) is 2.59. The quantitative estimate of drug-likeness (QED) is 0.827. The van der Waals surface area contributed by atoms with Gasteiger partial charge in [-0.05, 0) is 52.1 Å². The van der Waals surface area contributed by atoms with Crippen LogP contribution in [0.3, 0.4) is 0 Å². The predicted octanol–water partition coefficient (Wildman–Crippen LogP) is 2.22. The van der Waals surface area contributed by atoms with E-state index in [2.05, 4.69) is 17.4 Å². The minimum absolute atomic E-state index is 0.871. The van der Waals surface area contributed by atoms with Crippen molar-refractivity contribution in [2.75, 3.05) is 13.1 Å². The van der Waals surface area contributed by atoms with Crippen LogP contribution >= 0.6 is 0 Å². The Morgan fingerprint density at radius 3 is 2.67 bits per heavy atom. The topological polar surface area (TPSA) is 38.1 Å². The number of nitrogens with one attached hydrogen (secondary N) is 1. The van der Waals surface area contributed by atoms with Gasteiger partial charge in [0.05, 0.1) is 5.69 Å². The van der Waals surface area contributed by atoms with Crippen molar-refractivity contribution in [1.29, 1.82) is 0 Å². The van der Waals surface area contributed by atoms with Gasteiger partial charge in [-0.25, -0.2) is 0 Å². The van der Waals surface area contributed by atoms with E-state index in [0.29, 0.717) is 0 Å². The van der Waals surface area contributed by atoms with Crippen LogP contribution in [0.15, 0.2) is 4.52 Å². The molecule has 3 heteroatoms. The molecular formula is C12H20N2O. The highest BCUT2D eigenvalue weighted by atomic mass is 16.5. The van der Waals surface area contributed by atoms with E-state index in [1.165, 1.54) is 37.9 Å². The molecule has 0 atom stereocenters. The van der Waals surface area contributed by atoms with Gasteiger partial charge in [0.15, 0.2) is 0 Å². The summed E-state index contributed by atoms with van der Waals surface area (Å²) >= 11 is 0. The van der Waals surface area contributed by atoms with Gasteiger partial charge in [-0.15, -0.1) is 0 Å². The van der Waals surface area contributed by atoms with Crippen LogP contribution < -0.4 is 5.32 Å². The lowest BCUT2D eigenvalue weighted by molar-refractivity contribution is 0.326. The molecule has 1 saturated heterocycles. The summed E-state index contributed by atoms with van der Waals surface area (Å²) in [5.74, 6) is 1.96. The molecule has 0 radical (unpaired) electrons. The maximum Gasteiger partial charge on any atom is 0.139 e. The molecule has 2 rings (SSSR count). The van der Waals surface area contributed by atoms with E-state index in [9.17, 15) is 0 Å². The SMILES string of the molecule is Cc1noc(CCC2CCNCC2)c1C. The summed E-state index contributed by atoms with van der Waals surface area (Å²) in [7, 11) is 0. The number of nitrogens with zero attached hydrogens (tertiary/aromatic N) is 1. The number of aryl methyl sites for hydroxylation is 2. The second kappa shape index (κ2) is 4.79. The summed E-state index contributed by atoms with van der Waals surface area (Å²) in [6.07, 6.45) is 4.92. The normalized spacial score (nSPS) is 18.3. The van der Waals surface area contributed by atoms with Gasteiger partial charge in [-0.3, -0.25) is 0 Å². The molecule has 0 unspecified atom stereocenters. The standard InChI is InChI=1S/C12H20N2O/c1-9-10(2)14-15-12(9)4-3-11-5-7-13-8-6-11/h11,13H,3-8H2,1-2H3. The first-order chi connectivity index (χ1) is 7.27. The van der Waals surface area contributed by atoms with Crippen LogP contribution in [0.25, 0.3) is 0 Å². The second-order valence-electron chi connectivity index (χ2n) is 4.55. The molecule has 1 aliphatic heterocycles. The number of piperidine rings is 1. The summed E-state index contributed by atoms with van der Waals surface area (Å²) in [6, 6.07) is 0. The highest BCUT2D eigenvalue weighted by Crippen LogP contribution is 2.21. The number of hydrogen-bond donors (Lipinski definition) is 1. The van der Waals surface area contributed by atoms with Gasteiger partial charge in [0.1, 0.15) is 5.76 Å². The Morgan fingerprint density at radius 2 is 2.07 bits per heavy atom. The van der Waals surface area contributed by atoms with Gasteiger partial charge in [0.2, 0.25) is 0 Å². The van der Waals surface area contributed by atoms with Gasteiger partial charge >= 0.3 is 0 Å². The van der Waals surface area contributed by atoms with Crippen LogP contribution in [-0.2, 0) is 6.42 Å². The van der Waals surface area contributed by atoms with E-state index >= 15 is 0 Å². The van der Waals surface area contributed by atoms with Gasteiger partial charge in [0.25, 0.3) is 0 Å². The first kappa shape index (κ1) is 10.7. The molecule has 3 nitrogen and oxygen atoms in total. The molecule has 0 spiro atoms. The zero-order valence-electron chi connectivity index (χ0n) is 9.68. The average molecular weight is 208 g/mol. The Hall–Kier alpha value is -0.830. The fourth-order valence-electron chi connectivity index (χ4n) is 2.20. The molecule has 1 N–H and O–H groups in total. The largest absolute Gasteiger partial charge is 0.361 e. The summed E-state index contributed by atoms with van der Waals surface area (Å²) < 4.78 is 5.32. The molecule has 0 aliphatic carbocycles. The zero-order chi connectivity index (χ0) is 10.7. The molecule has 0 saturated carbocycles. The Kier molecular flexibility index (Phi) is 3.41. The molecule has 1 aliphatic rings. The lowest BCUT2D eigenvalue weighted by Crippen LogP contribution is -2.27. The Labute approximate surface area is 91.2 Å². The molecule has 0 aromatic carbocycles. The summed E-state index contributed by atoms with van der Waals surface area (Å²) in [5.41, 5.74) is 2.28. The Bertz CT molecular complexity index is 313. The molecule has 1 aromatic heterocycles. The lowest BCUT2D eigenvalue weighted by Gasteiger charge is -2.21. The predicted molar refractivity (Wildman–Crippen MR) is 59.9 cm³/mol. The minimum atomic E-state index is 0.871. The van der Waals surface area contributed by atoms with Crippen molar-refractivity contribution in [3.05, 3.63) is 17.0 Å². The van der Waals surface area contributed by atoms with Crippen molar-refractivity contribution in [2.24, 2.45) is 5.92 Å². The molecule has 1 aromatic rings. The molecule has 1 fully saturated rings. The number of rotatable bonds is 3. The third kappa shape index (κ3) is 2.59. The maximum atomic E-state index is 5.32. The number of aromatic nitrogens is 1. The lowest BCUT2D eigenvalue weighted by atomic mass is 9.92. The van der Waals surface area contributed by atoms with Crippen LogP contribution in [0.2, 0.25) is 0 Å². The van der Waals surface area contributed by atoms with E-state index in [4.69, 9.17) is 4.52 Å². The van der Waals surface area contributed by atoms with Gasteiger partial charge < -0.3 is 9.84 Å². The molecule has 0 bridgehead atoms. The highest BCUT2D eigenvalue weighted by molar-refractivity contribution is 5.19. The van der Waals surface area contributed by atoms with E-state index < -0.39 is 0 Å². The molecule has 0 amide bonds. The number of hydrogen-bond acceptors (Lipinski definition) is 3. The fraction of sp³-hybridized carbons (Fsp3) is 0.750. The van der Waals surface area contributed by atoms with E-state index in [1.54, 1.807) is 0 Å². The van der Waals surface area contributed by atoms with Crippen LogP contribution in [-0.4, -0.2) is 18.2 Å². The Balaban J connectivity index is 1.84. The maximum absolute atomic E-state index is 5.32. The third-order valence-corrected chi connectivity index (χ3v) is 3.49. The van der Waals surface area contributed by atoms with Crippen molar-refractivity contribution in [2.45, 2.75) is 39.5 Å². The van der Waals surface area contributed by atoms with Crippen LogP contribution in [0.5, 0.6) is 0 Å². The van der Waals surface area contributed by atoms with E-state index in [-0.39, 0.29) is 0 Å². The van der Waals surface area contributed by atoms with Crippen LogP contribution in [0, 0.1) is 19.8 Å². The summed E-state index contributed by atoms with van der Waals surface area (Å²) in [5, 5.41) is 7.39. The summed E-state index contributed by atoms with van der Waals surface area (Å²) in [6.45, 7) is 6.47. The van der Waals surface area contributed by atoms with Crippen molar-refractivity contribution in [3.63, 3.8) is 0 Å². The molecule has 15 heavy (non-hydrogen) atoms. The smallest absolute Gasteiger partial charge is 0.139 e. The molecule has 2 heterocycles. The molecule has 84 valence electrons. The third-order valence-electron chi connectivity index (χ3n) is 3.49. The first-order valence-corrected chi connectivity index (χ1v) is 5.90.